The molecule has 2 aliphatic rings. The van der Waals surface area contributed by atoms with E-state index in [1.807, 2.05) is 6.20 Å². The van der Waals surface area contributed by atoms with Gasteiger partial charge in [0.05, 0.1) is 11.7 Å². The van der Waals surface area contributed by atoms with Crippen LogP contribution in [-0.4, -0.2) is 20.2 Å². The van der Waals surface area contributed by atoms with Crippen molar-refractivity contribution in [2.45, 2.75) is 63.7 Å². The van der Waals surface area contributed by atoms with E-state index < -0.39 is 0 Å². The van der Waals surface area contributed by atoms with Gasteiger partial charge < -0.3 is 4.98 Å². The molecule has 0 amide bonds. The first-order valence-corrected chi connectivity index (χ1v) is 10.1. The van der Waals surface area contributed by atoms with E-state index >= 15 is 0 Å². The summed E-state index contributed by atoms with van der Waals surface area (Å²) in [5.41, 5.74) is 4.54. The topological polar surface area (TPSA) is 74.4 Å². The van der Waals surface area contributed by atoms with E-state index in [4.69, 9.17) is 4.98 Å². The van der Waals surface area contributed by atoms with Crippen molar-refractivity contribution in [1.29, 1.82) is 0 Å². The van der Waals surface area contributed by atoms with E-state index in [0.29, 0.717) is 0 Å². The van der Waals surface area contributed by atoms with Crippen LogP contribution in [0, 0.1) is 0 Å². The predicted octanol–water partition coefficient (Wildman–Crippen LogP) is 4.09. The molecule has 6 heteroatoms. The first-order valence-electron chi connectivity index (χ1n) is 9.24. The molecule has 0 saturated heterocycles. The van der Waals surface area contributed by atoms with Crippen molar-refractivity contribution in [3.63, 3.8) is 0 Å². The Labute approximate surface area is 149 Å². The minimum Gasteiger partial charge on any atom is -0.309 e. The summed E-state index contributed by atoms with van der Waals surface area (Å²) in [4.78, 5) is 22.2. The van der Waals surface area contributed by atoms with Gasteiger partial charge in [0, 0.05) is 21.5 Å². The predicted molar refractivity (Wildman–Crippen MR) is 100 cm³/mol. The summed E-state index contributed by atoms with van der Waals surface area (Å²) in [6, 6.07) is 0. The molecule has 0 unspecified atom stereocenters. The Kier molecular flexibility index (Phi) is 3.39. The van der Waals surface area contributed by atoms with Gasteiger partial charge >= 0.3 is 0 Å². The highest BCUT2D eigenvalue weighted by Crippen LogP contribution is 2.42. The van der Waals surface area contributed by atoms with Crippen LogP contribution >= 0.6 is 11.3 Å². The Morgan fingerprint density at radius 2 is 2.00 bits per heavy atom. The molecular formula is C19H22N4OS. The number of hydrogen-bond donors (Lipinski definition) is 2. The summed E-state index contributed by atoms with van der Waals surface area (Å²) in [5.74, 6) is 0.891. The molecule has 0 spiro atoms. The smallest absolute Gasteiger partial charge is 0.268 e. The monoisotopic (exact) mass is 354 g/mol. The molecule has 0 radical (unpaired) electrons. The van der Waals surface area contributed by atoms with Gasteiger partial charge in [-0.1, -0.05) is 26.2 Å². The third-order valence-corrected chi connectivity index (χ3v) is 7.24. The largest absolute Gasteiger partial charge is 0.309 e. The Bertz CT molecular complexity index is 1010. The minimum atomic E-state index is 0.00590. The van der Waals surface area contributed by atoms with Gasteiger partial charge in [-0.05, 0) is 37.7 Å². The van der Waals surface area contributed by atoms with Crippen molar-refractivity contribution in [1.82, 2.24) is 20.2 Å². The van der Waals surface area contributed by atoms with Crippen molar-refractivity contribution < 1.29 is 0 Å². The number of fused-ring (bicyclic) bond motifs is 5. The van der Waals surface area contributed by atoms with Gasteiger partial charge in [0.1, 0.15) is 10.5 Å². The van der Waals surface area contributed by atoms with Crippen molar-refractivity contribution in [3.05, 3.63) is 33.6 Å². The second-order valence-corrected chi connectivity index (χ2v) is 8.76. The molecule has 5 rings (SSSR count). The van der Waals surface area contributed by atoms with E-state index in [1.165, 1.54) is 35.4 Å². The van der Waals surface area contributed by atoms with E-state index in [2.05, 4.69) is 22.1 Å². The zero-order chi connectivity index (χ0) is 17.0. The number of aromatic amines is 2. The van der Waals surface area contributed by atoms with Crippen LogP contribution < -0.4 is 5.56 Å². The first kappa shape index (κ1) is 15.3. The Morgan fingerprint density at radius 3 is 2.84 bits per heavy atom. The van der Waals surface area contributed by atoms with Gasteiger partial charge in [0.15, 0.2) is 0 Å². The molecule has 130 valence electrons. The number of rotatable bonds is 1. The number of H-pyrrole nitrogens is 2. The summed E-state index contributed by atoms with van der Waals surface area (Å²) < 4.78 is 0.766. The van der Waals surface area contributed by atoms with Crippen molar-refractivity contribution in [3.8, 4) is 10.4 Å². The second kappa shape index (κ2) is 5.53. The standard InChI is InChI=1S/C19H22N4OS/c1-19(8-3-2-4-9-19)18-21-14-11-6-5-7-13-12(10-20-23-13)15(11)25-16(14)17(24)22-18/h10H,2-9H2,1H3,(H,20,23)(H,21,22,24). The summed E-state index contributed by atoms with van der Waals surface area (Å²) in [6.45, 7) is 2.26. The fourth-order valence-corrected chi connectivity index (χ4v) is 5.70. The molecule has 2 aliphatic carbocycles. The number of thiophene rings is 1. The maximum atomic E-state index is 12.8. The van der Waals surface area contributed by atoms with Crippen LogP contribution in [-0.2, 0) is 18.3 Å². The molecule has 0 atom stereocenters. The SMILES string of the molecule is CC1(c2nc3c4c(sc3c(=O)[nH]2)-c2cn[nH]c2CCC4)CCCCC1. The van der Waals surface area contributed by atoms with E-state index in [0.717, 1.165) is 53.7 Å². The average Bonchev–Trinajstić information content (AvgIpc) is 3.17. The number of hydrogen-bond acceptors (Lipinski definition) is 4. The molecule has 0 bridgehead atoms. The fraction of sp³-hybridized carbons (Fsp3) is 0.526. The third-order valence-electron chi connectivity index (χ3n) is 5.99. The third kappa shape index (κ3) is 2.30. The van der Waals surface area contributed by atoms with Crippen LogP contribution in [0.25, 0.3) is 20.7 Å². The summed E-state index contributed by atoms with van der Waals surface area (Å²) in [5, 5.41) is 7.33. The molecule has 1 saturated carbocycles. The van der Waals surface area contributed by atoms with Crippen LogP contribution in [0.15, 0.2) is 11.0 Å². The highest BCUT2D eigenvalue weighted by Gasteiger charge is 2.33. The summed E-state index contributed by atoms with van der Waals surface area (Å²) in [7, 11) is 0. The van der Waals surface area contributed by atoms with Crippen LogP contribution in [0.1, 0.15) is 62.5 Å². The quantitative estimate of drug-likeness (QED) is 0.691. The number of nitrogens with zero attached hydrogens (tertiary/aromatic N) is 2. The van der Waals surface area contributed by atoms with Crippen LogP contribution in [0.3, 0.4) is 0 Å². The van der Waals surface area contributed by atoms with Gasteiger partial charge in [0.25, 0.3) is 5.56 Å². The first-order chi connectivity index (χ1) is 12.2. The second-order valence-electron chi connectivity index (χ2n) is 7.74. The molecule has 0 aromatic carbocycles. The molecule has 5 nitrogen and oxygen atoms in total. The highest BCUT2D eigenvalue weighted by molar-refractivity contribution is 7.22. The van der Waals surface area contributed by atoms with E-state index in [-0.39, 0.29) is 11.0 Å². The molecule has 25 heavy (non-hydrogen) atoms. The lowest BCUT2D eigenvalue weighted by atomic mass is 9.75. The lowest BCUT2D eigenvalue weighted by Crippen LogP contribution is -2.30. The van der Waals surface area contributed by atoms with Crippen LogP contribution in [0.2, 0.25) is 0 Å². The maximum absolute atomic E-state index is 12.8. The van der Waals surface area contributed by atoms with Crippen molar-refractivity contribution in [2.75, 3.05) is 0 Å². The molecule has 2 N–H and O–H groups in total. The van der Waals surface area contributed by atoms with Gasteiger partial charge in [-0.25, -0.2) is 4.98 Å². The van der Waals surface area contributed by atoms with E-state index in [9.17, 15) is 4.79 Å². The van der Waals surface area contributed by atoms with Crippen LogP contribution in [0.4, 0.5) is 0 Å². The van der Waals surface area contributed by atoms with Crippen molar-refractivity contribution in [2.24, 2.45) is 0 Å². The molecule has 3 heterocycles. The molecule has 1 fully saturated rings. The van der Waals surface area contributed by atoms with Gasteiger partial charge in [-0.15, -0.1) is 11.3 Å². The lowest BCUT2D eigenvalue weighted by molar-refractivity contribution is 0.304. The van der Waals surface area contributed by atoms with Gasteiger partial charge in [-0.3, -0.25) is 9.89 Å². The molecule has 3 aromatic heterocycles. The van der Waals surface area contributed by atoms with Crippen molar-refractivity contribution >= 4 is 21.6 Å². The highest BCUT2D eigenvalue weighted by atomic mass is 32.1. The zero-order valence-corrected chi connectivity index (χ0v) is 15.3. The average molecular weight is 354 g/mol. The zero-order valence-electron chi connectivity index (χ0n) is 14.4. The van der Waals surface area contributed by atoms with Gasteiger partial charge in [-0.2, -0.15) is 5.10 Å². The number of aryl methyl sites for hydroxylation is 2. The summed E-state index contributed by atoms with van der Waals surface area (Å²) in [6.07, 6.45) is 10.9. The lowest BCUT2D eigenvalue weighted by Gasteiger charge is -2.32. The van der Waals surface area contributed by atoms with E-state index in [1.54, 1.807) is 11.3 Å². The molecule has 0 aliphatic heterocycles. The Morgan fingerprint density at radius 1 is 1.16 bits per heavy atom. The van der Waals surface area contributed by atoms with Gasteiger partial charge in [0.2, 0.25) is 0 Å². The molecular weight excluding hydrogens is 332 g/mol. The normalized spacial score (nSPS) is 19.4. The Balaban J connectivity index is 1.74. The summed E-state index contributed by atoms with van der Waals surface area (Å²) >= 11 is 1.58. The minimum absolute atomic E-state index is 0.00590. The number of nitrogens with one attached hydrogen (secondary N) is 2. The molecule has 3 aromatic rings. The fourth-order valence-electron chi connectivity index (χ4n) is 4.48. The number of aromatic nitrogens is 4. The Hall–Kier alpha value is -1.95. The maximum Gasteiger partial charge on any atom is 0.268 e. The van der Waals surface area contributed by atoms with Crippen LogP contribution in [0.5, 0.6) is 0 Å².